The van der Waals surface area contributed by atoms with Crippen LogP contribution in [0.25, 0.3) is 10.8 Å². The van der Waals surface area contributed by atoms with E-state index in [2.05, 4.69) is 9.64 Å². The summed E-state index contributed by atoms with van der Waals surface area (Å²) in [6, 6.07) is 11.5. The number of ether oxygens (including phenoxy) is 1. The van der Waals surface area contributed by atoms with Crippen LogP contribution in [0.15, 0.2) is 36.4 Å². The molecule has 0 amide bonds. The molecule has 1 saturated carbocycles. The lowest BCUT2D eigenvalue weighted by molar-refractivity contribution is -0.0497. The van der Waals surface area contributed by atoms with E-state index in [1.165, 1.54) is 32.2 Å². The molecule has 1 aliphatic heterocycles. The second kappa shape index (κ2) is 7.93. The van der Waals surface area contributed by atoms with Gasteiger partial charge in [-0.3, -0.25) is 4.90 Å². The lowest BCUT2D eigenvalue weighted by Gasteiger charge is -2.37. The number of halogens is 2. The minimum absolute atomic E-state index is 0.166. The van der Waals surface area contributed by atoms with Gasteiger partial charge in [0.05, 0.1) is 0 Å². The van der Waals surface area contributed by atoms with E-state index >= 15 is 0 Å². The summed E-state index contributed by atoms with van der Waals surface area (Å²) in [6.45, 7) is -0.661. The van der Waals surface area contributed by atoms with Crippen LogP contribution in [0.2, 0.25) is 0 Å². The molecule has 1 N–H and O–H groups in total. The number of rotatable bonds is 5. The average Bonchev–Trinajstić information content (AvgIpc) is 3.21. The zero-order chi connectivity index (χ0) is 18.8. The standard InChI is InChI=1S/C22H26F2N2O/c23-22(24)27-20-10-9-15-12-17(8-7-16(15)13-20)21(25)18-4-3-11-26(14-18)19-5-1-2-6-19/h7-10,12-13,18-19,22,25H,1-6,11,14H2. The van der Waals surface area contributed by atoms with Crippen LogP contribution in [-0.2, 0) is 0 Å². The lowest BCUT2D eigenvalue weighted by Crippen LogP contribution is -2.43. The number of likely N-dealkylation sites (tertiary alicyclic amines) is 1. The summed E-state index contributed by atoms with van der Waals surface area (Å²) >= 11 is 0. The predicted molar refractivity (Wildman–Crippen MR) is 104 cm³/mol. The van der Waals surface area contributed by atoms with Crippen molar-refractivity contribution >= 4 is 16.5 Å². The predicted octanol–water partition coefficient (Wildman–Crippen LogP) is 5.46. The number of nitrogens with zero attached hydrogens (tertiary/aromatic N) is 1. The van der Waals surface area contributed by atoms with Crippen LogP contribution in [0.5, 0.6) is 5.75 Å². The Kier molecular flexibility index (Phi) is 5.39. The normalized spacial score (nSPS) is 21.8. The van der Waals surface area contributed by atoms with Crippen molar-refractivity contribution < 1.29 is 13.5 Å². The number of benzene rings is 2. The molecule has 3 nitrogen and oxygen atoms in total. The maximum Gasteiger partial charge on any atom is 0.387 e. The zero-order valence-electron chi connectivity index (χ0n) is 15.5. The van der Waals surface area contributed by atoms with E-state index in [1.54, 1.807) is 18.2 Å². The molecule has 0 spiro atoms. The minimum Gasteiger partial charge on any atom is -0.435 e. The van der Waals surface area contributed by atoms with E-state index in [9.17, 15) is 8.78 Å². The van der Waals surface area contributed by atoms with Gasteiger partial charge in [0.25, 0.3) is 0 Å². The Morgan fingerprint density at radius 3 is 2.52 bits per heavy atom. The Bertz CT molecular complexity index is 817. The fourth-order valence-corrected chi connectivity index (χ4v) is 4.65. The van der Waals surface area contributed by atoms with Crippen molar-refractivity contribution in [2.45, 2.75) is 51.2 Å². The monoisotopic (exact) mass is 372 g/mol. The van der Waals surface area contributed by atoms with Gasteiger partial charge in [-0.05, 0) is 66.8 Å². The highest BCUT2D eigenvalue weighted by Gasteiger charge is 2.30. The van der Waals surface area contributed by atoms with E-state index < -0.39 is 6.61 Å². The van der Waals surface area contributed by atoms with Crippen LogP contribution in [0.1, 0.15) is 44.1 Å². The molecule has 1 heterocycles. The van der Waals surface area contributed by atoms with Gasteiger partial charge in [-0.25, -0.2) is 0 Å². The summed E-state index contributed by atoms with van der Waals surface area (Å²) < 4.78 is 29.2. The highest BCUT2D eigenvalue weighted by molar-refractivity contribution is 6.03. The van der Waals surface area contributed by atoms with Crippen LogP contribution in [-0.4, -0.2) is 36.4 Å². The molecule has 0 bridgehead atoms. The summed E-state index contributed by atoms with van der Waals surface area (Å²) in [4.78, 5) is 2.60. The number of alkyl halides is 2. The van der Waals surface area contributed by atoms with Crippen LogP contribution in [0.4, 0.5) is 8.78 Å². The van der Waals surface area contributed by atoms with Gasteiger partial charge in [-0.1, -0.05) is 31.0 Å². The van der Waals surface area contributed by atoms with E-state index in [-0.39, 0.29) is 11.7 Å². The molecular weight excluding hydrogens is 346 g/mol. The van der Waals surface area contributed by atoms with Crippen molar-refractivity contribution in [1.82, 2.24) is 4.90 Å². The van der Waals surface area contributed by atoms with Crippen molar-refractivity contribution in [3.8, 4) is 5.75 Å². The van der Waals surface area contributed by atoms with Crippen molar-refractivity contribution in [2.24, 2.45) is 5.92 Å². The summed E-state index contributed by atoms with van der Waals surface area (Å²) in [6.07, 6.45) is 7.52. The Labute approximate surface area is 158 Å². The first-order chi connectivity index (χ1) is 13.1. The number of hydrogen-bond acceptors (Lipinski definition) is 3. The van der Waals surface area contributed by atoms with Crippen LogP contribution >= 0.6 is 0 Å². The van der Waals surface area contributed by atoms with Gasteiger partial charge in [0.2, 0.25) is 0 Å². The Morgan fingerprint density at radius 1 is 1.00 bits per heavy atom. The highest BCUT2D eigenvalue weighted by Crippen LogP contribution is 2.30. The van der Waals surface area contributed by atoms with Crippen LogP contribution in [0, 0.1) is 11.3 Å². The van der Waals surface area contributed by atoms with Gasteiger partial charge in [0.1, 0.15) is 5.75 Å². The third-order valence-electron chi connectivity index (χ3n) is 6.05. The highest BCUT2D eigenvalue weighted by atomic mass is 19.3. The molecule has 2 fully saturated rings. The van der Waals surface area contributed by atoms with Gasteiger partial charge < -0.3 is 10.1 Å². The molecule has 1 unspecified atom stereocenters. The fraction of sp³-hybridized carbons (Fsp3) is 0.500. The van der Waals surface area contributed by atoms with Crippen molar-refractivity contribution in [3.05, 3.63) is 42.0 Å². The summed E-state index contributed by atoms with van der Waals surface area (Å²) in [5, 5.41) is 10.5. The first-order valence-corrected chi connectivity index (χ1v) is 9.91. The second-order valence-electron chi connectivity index (χ2n) is 7.79. The second-order valence-corrected chi connectivity index (χ2v) is 7.79. The van der Waals surface area contributed by atoms with Crippen molar-refractivity contribution in [2.75, 3.05) is 13.1 Å². The van der Waals surface area contributed by atoms with Gasteiger partial charge >= 0.3 is 6.61 Å². The van der Waals surface area contributed by atoms with E-state index in [4.69, 9.17) is 5.41 Å². The number of piperidine rings is 1. The summed E-state index contributed by atoms with van der Waals surface area (Å²) in [5.41, 5.74) is 1.64. The van der Waals surface area contributed by atoms with Gasteiger partial charge in [0.15, 0.2) is 0 Å². The molecule has 2 aliphatic rings. The Hall–Kier alpha value is -2.01. The van der Waals surface area contributed by atoms with Crippen LogP contribution in [0.3, 0.4) is 0 Å². The topological polar surface area (TPSA) is 36.3 Å². The SMILES string of the molecule is N=C(c1ccc2cc(OC(F)F)ccc2c1)C1CCCN(C2CCCC2)C1. The third-order valence-corrected chi connectivity index (χ3v) is 6.05. The summed E-state index contributed by atoms with van der Waals surface area (Å²) in [5.74, 6) is 0.443. The van der Waals surface area contributed by atoms with E-state index in [0.29, 0.717) is 11.8 Å². The molecule has 4 rings (SSSR count). The molecular formula is C22H26F2N2O. The quantitative estimate of drug-likeness (QED) is 0.707. The number of nitrogens with one attached hydrogen (secondary N) is 1. The molecule has 2 aromatic carbocycles. The van der Waals surface area contributed by atoms with Crippen molar-refractivity contribution in [3.63, 3.8) is 0 Å². The molecule has 0 aromatic heterocycles. The Morgan fingerprint density at radius 2 is 1.74 bits per heavy atom. The molecule has 1 saturated heterocycles. The summed E-state index contributed by atoms with van der Waals surface area (Å²) in [7, 11) is 0. The molecule has 2 aromatic rings. The largest absolute Gasteiger partial charge is 0.435 e. The average molecular weight is 372 g/mol. The zero-order valence-corrected chi connectivity index (χ0v) is 15.5. The maximum atomic E-state index is 12.4. The fourth-order valence-electron chi connectivity index (χ4n) is 4.65. The molecule has 1 atom stereocenters. The number of hydrogen-bond donors (Lipinski definition) is 1. The number of fused-ring (bicyclic) bond motifs is 1. The third kappa shape index (κ3) is 4.13. The first kappa shape index (κ1) is 18.4. The molecule has 144 valence electrons. The minimum atomic E-state index is -2.82. The van der Waals surface area contributed by atoms with Gasteiger partial charge in [0, 0.05) is 24.2 Å². The lowest BCUT2D eigenvalue weighted by atomic mass is 9.88. The maximum absolute atomic E-state index is 12.4. The van der Waals surface area contributed by atoms with Gasteiger partial charge in [-0.2, -0.15) is 8.78 Å². The van der Waals surface area contributed by atoms with E-state index in [1.807, 2.05) is 18.2 Å². The molecule has 0 radical (unpaired) electrons. The van der Waals surface area contributed by atoms with Crippen LogP contribution < -0.4 is 4.74 Å². The molecule has 27 heavy (non-hydrogen) atoms. The first-order valence-electron chi connectivity index (χ1n) is 9.91. The smallest absolute Gasteiger partial charge is 0.387 e. The van der Waals surface area contributed by atoms with Gasteiger partial charge in [-0.15, -0.1) is 0 Å². The Balaban J connectivity index is 1.50. The van der Waals surface area contributed by atoms with Crippen molar-refractivity contribution in [1.29, 1.82) is 5.41 Å². The molecule has 1 aliphatic carbocycles. The molecule has 5 heteroatoms. The van der Waals surface area contributed by atoms with E-state index in [0.717, 1.165) is 35.7 Å².